The zero-order valence-corrected chi connectivity index (χ0v) is 14.4. The molecule has 0 amide bonds. The van der Waals surface area contributed by atoms with Gasteiger partial charge in [0.05, 0.1) is 8.96 Å². The number of nitrogens with zero attached hydrogens (tertiary/aromatic N) is 5. The van der Waals surface area contributed by atoms with Crippen LogP contribution in [0.2, 0.25) is 0 Å². The molecule has 0 aliphatic carbocycles. The number of fused-ring (bicyclic) bond motifs is 1. The molecule has 3 rings (SSSR count). The first-order chi connectivity index (χ1) is 10.4. The Morgan fingerprint density at radius 3 is 2.59 bits per heavy atom. The predicted molar refractivity (Wildman–Crippen MR) is 89.0 cm³/mol. The molecule has 1 atom stereocenters. The fourth-order valence-electron chi connectivity index (χ4n) is 2.22. The highest BCUT2D eigenvalue weighted by atomic mass is 127. The van der Waals surface area contributed by atoms with E-state index in [1.54, 1.807) is 11.6 Å². The summed E-state index contributed by atoms with van der Waals surface area (Å²) in [5.41, 5.74) is 7.75. The molecule has 1 unspecified atom stereocenters. The summed E-state index contributed by atoms with van der Waals surface area (Å²) in [5.74, 6) is 0.738. The van der Waals surface area contributed by atoms with Crippen LogP contribution in [0, 0.1) is 3.57 Å². The number of aromatic nitrogens is 5. The molecule has 0 saturated carbocycles. The number of nitrogens with two attached hydrogens (primary N) is 1. The Morgan fingerprint density at radius 1 is 1.27 bits per heavy atom. The summed E-state index contributed by atoms with van der Waals surface area (Å²) >= 11 is 2.08. The fourth-order valence-corrected chi connectivity index (χ4v) is 3.12. The standard InChI is InChI=1S/C13H15IN6O2/c1-5(2)20-13-7(12(15)16-4-17-13)9(18-20)10-8(14)11(6(3)21)22-19-10/h4-6,21H,1-3H3,(H2,15,16,17). The molecule has 22 heavy (non-hydrogen) atoms. The summed E-state index contributed by atoms with van der Waals surface area (Å²) in [6.45, 7) is 5.63. The van der Waals surface area contributed by atoms with Crippen LogP contribution in [-0.2, 0) is 0 Å². The molecule has 0 spiro atoms. The molecule has 9 heteroatoms. The Morgan fingerprint density at radius 2 is 2.00 bits per heavy atom. The number of halogens is 1. The van der Waals surface area contributed by atoms with Crippen molar-refractivity contribution in [1.29, 1.82) is 0 Å². The zero-order chi connectivity index (χ0) is 16.0. The van der Waals surface area contributed by atoms with Gasteiger partial charge in [0.2, 0.25) is 0 Å². The molecule has 0 aliphatic heterocycles. The number of anilines is 1. The maximum absolute atomic E-state index is 9.71. The van der Waals surface area contributed by atoms with Crippen molar-refractivity contribution in [3.8, 4) is 11.4 Å². The summed E-state index contributed by atoms with van der Waals surface area (Å²) in [5, 5.41) is 19.0. The van der Waals surface area contributed by atoms with E-state index in [2.05, 4.69) is 42.8 Å². The molecule has 3 aromatic heterocycles. The van der Waals surface area contributed by atoms with Gasteiger partial charge in [0, 0.05) is 6.04 Å². The van der Waals surface area contributed by atoms with E-state index in [1.807, 2.05) is 13.8 Å². The van der Waals surface area contributed by atoms with E-state index in [0.29, 0.717) is 37.6 Å². The average Bonchev–Trinajstić information content (AvgIpc) is 3.00. The van der Waals surface area contributed by atoms with Gasteiger partial charge in [-0.25, -0.2) is 14.6 Å². The van der Waals surface area contributed by atoms with Crippen molar-refractivity contribution in [2.75, 3.05) is 5.73 Å². The van der Waals surface area contributed by atoms with Gasteiger partial charge in [-0.05, 0) is 43.4 Å². The Hall–Kier alpha value is -1.75. The minimum absolute atomic E-state index is 0.103. The third-order valence-electron chi connectivity index (χ3n) is 3.27. The van der Waals surface area contributed by atoms with E-state index in [0.717, 1.165) is 0 Å². The molecule has 0 fully saturated rings. The van der Waals surface area contributed by atoms with E-state index < -0.39 is 6.10 Å². The van der Waals surface area contributed by atoms with Crippen molar-refractivity contribution in [3.63, 3.8) is 0 Å². The smallest absolute Gasteiger partial charge is 0.178 e. The molecular weight excluding hydrogens is 399 g/mol. The summed E-state index contributed by atoms with van der Waals surface area (Å²) < 4.78 is 7.70. The van der Waals surface area contributed by atoms with Gasteiger partial charge in [-0.1, -0.05) is 5.16 Å². The number of hydrogen-bond donors (Lipinski definition) is 2. The normalized spacial score (nSPS) is 13.2. The number of aliphatic hydroxyl groups excluding tert-OH is 1. The Balaban J connectivity index is 2.32. The van der Waals surface area contributed by atoms with Crippen LogP contribution >= 0.6 is 22.6 Å². The summed E-state index contributed by atoms with van der Waals surface area (Å²) in [6.07, 6.45) is 0.664. The SMILES string of the molecule is CC(O)c1onc(-c2nn(C(C)C)c3ncnc(N)c23)c1I. The van der Waals surface area contributed by atoms with Gasteiger partial charge >= 0.3 is 0 Å². The van der Waals surface area contributed by atoms with E-state index in [4.69, 9.17) is 10.3 Å². The van der Waals surface area contributed by atoms with E-state index in [9.17, 15) is 5.11 Å². The van der Waals surface area contributed by atoms with E-state index in [1.165, 1.54) is 6.33 Å². The Bertz CT molecular complexity index is 839. The summed E-state index contributed by atoms with van der Waals surface area (Å²) in [7, 11) is 0. The van der Waals surface area contributed by atoms with Crippen LogP contribution in [0.15, 0.2) is 10.9 Å². The summed E-state index contributed by atoms with van der Waals surface area (Å²) in [4.78, 5) is 8.32. The minimum atomic E-state index is -0.750. The van der Waals surface area contributed by atoms with Gasteiger partial charge in [-0.15, -0.1) is 0 Å². The van der Waals surface area contributed by atoms with Crippen molar-refractivity contribution in [1.82, 2.24) is 24.9 Å². The van der Waals surface area contributed by atoms with Gasteiger partial charge in [0.25, 0.3) is 0 Å². The van der Waals surface area contributed by atoms with Gasteiger partial charge < -0.3 is 15.4 Å². The highest BCUT2D eigenvalue weighted by Crippen LogP contribution is 2.35. The summed E-state index contributed by atoms with van der Waals surface area (Å²) in [6, 6.07) is 0.103. The van der Waals surface area contributed by atoms with Crippen LogP contribution in [-0.4, -0.2) is 30.0 Å². The van der Waals surface area contributed by atoms with Crippen LogP contribution in [0.3, 0.4) is 0 Å². The molecule has 3 heterocycles. The van der Waals surface area contributed by atoms with Crippen molar-refractivity contribution in [3.05, 3.63) is 15.7 Å². The molecular formula is C13H15IN6O2. The lowest BCUT2D eigenvalue weighted by molar-refractivity contribution is 0.157. The van der Waals surface area contributed by atoms with Crippen molar-refractivity contribution in [2.45, 2.75) is 32.9 Å². The number of rotatable bonds is 3. The van der Waals surface area contributed by atoms with Gasteiger partial charge in [0.1, 0.15) is 29.6 Å². The minimum Gasteiger partial charge on any atom is -0.385 e. The molecule has 0 bridgehead atoms. The first kappa shape index (κ1) is 15.2. The second-order valence-corrected chi connectivity index (χ2v) is 6.31. The highest BCUT2D eigenvalue weighted by molar-refractivity contribution is 14.1. The average molecular weight is 414 g/mol. The van der Waals surface area contributed by atoms with Crippen LogP contribution in [0.1, 0.15) is 38.7 Å². The molecule has 0 radical (unpaired) electrons. The van der Waals surface area contributed by atoms with Crippen molar-refractivity contribution >= 4 is 39.4 Å². The fraction of sp³-hybridized carbons (Fsp3) is 0.385. The monoisotopic (exact) mass is 414 g/mol. The lowest BCUT2D eigenvalue weighted by Crippen LogP contribution is -2.04. The lowest BCUT2D eigenvalue weighted by Gasteiger charge is -2.05. The largest absolute Gasteiger partial charge is 0.385 e. The second kappa shape index (κ2) is 5.47. The Kier molecular flexibility index (Phi) is 3.77. The molecule has 0 saturated heterocycles. The first-order valence-corrected chi connectivity index (χ1v) is 7.81. The highest BCUT2D eigenvalue weighted by Gasteiger charge is 2.25. The Labute approximate surface area is 139 Å². The molecule has 3 N–H and O–H groups in total. The third kappa shape index (κ3) is 2.24. The molecule has 116 valence electrons. The van der Waals surface area contributed by atoms with E-state index >= 15 is 0 Å². The van der Waals surface area contributed by atoms with Crippen LogP contribution in [0.5, 0.6) is 0 Å². The van der Waals surface area contributed by atoms with Crippen molar-refractivity contribution < 1.29 is 9.63 Å². The number of hydrogen-bond acceptors (Lipinski definition) is 7. The maximum atomic E-state index is 9.71. The number of nitrogen functional groups attached to an aromatic ring is 1. The van der Waals surface area contributed by atoms with E-state index in [-0.39, 0.29) is 6.04 Å². The molecule has 8 nitrogen and oxygen atoms in total. The van der Waals surface area contributed by atoms with Crippen LogP contribution < -0.4 is 5.73 Å². The second-order valence-electron chi connectivity index (χ2n) is 5.23. The van der Waals surface area contributed by atoms with Crippen LogP contribution in [0.4, 0.5) is 5.82 Å². The van der Waals surface area contributed by atoms with Crippen molar-refractivity contribution in [2.24, 2.45) is 0 Å². The number of aliphatic hydroxyl groups is 1. The van der Waals surface area contributed by atoms with Crippen LogP contribution in [0.25, 0.3) is 22.4 Å². The predicted octanol–water partition coefficient (Wildman–Crippen LogP) is 2.30. The molecule has 3 aromatic rings. The quantitative estimate of drug-likeness (QED) is 0.632. The molecule has 0 aliphatic rings. The maximum Gasteiger partial charge on any atom is 0.178 e. The van der Waals surface area contributed by atoms with Gasteiger partial charge in [-0.2, -0.15) is 5.10 Å². The first-order valence-electron chi connectivity index (χ1n) is 6.74. The molecule has 0 aromatic carbocycles. The van der Waals surface area contributed by atoms with Gasteiger partial charge in [0.15, 0.2) is 11.4 Å². The lowest BCUT2D eigenvalue weighted by atomic mass is 10.2. The third-order valence-corrected chi connectivity index (χ3v) is 4.31. The topological polar surface area (TPSA) is 116 Å². The zero-order valence-electron chi connectivity index (χ0n) is 12.3. The van der Waals surface area contributed by atoms with Gasteiger partial charge in [-0.3, -0.25) is 0 Å².